The van der Waals surface area contributed by atoms with Gasteiger partial charge in [0, 0.05) is 38.6 Å². The van der Waals surface area contributed by atoms with E-state index in [9.17, 15) is 0 Å². The number of furan rings is 1. The van der Waals surface area contributed by atoms with Crippen molar-refractivity contribution in [1.82, 2.24) is 18.5 Å². The molecular formula is C44H28N4O. The normalized spacial score (nSPS) is 12.1. The molecule has 6 aromatic carbocycles. The van der Waals surface area contributed by atoms with Crippen LogP contribution in [0.15, 0.2) is 144 Å². The first-order valence-corrected chi connectivity index (χ1v) is 16.3. The molecule has 0 bridgehead atoms. The lowest BCUT2D eigenvalue weighted by atomic mass is 10.0. The van der Waals surface area contributed by atoms with Crippen LogP contribution in [0.1, 0.15) is 11.4 Å². The smallest absolute Gasteiger partial charge is 0.220 e. The van der Waals surface area contributed by atoms with Crippen molar-refractivity contribution < 1.29 is 4.42 Å². The van der Waals surface area contributed by atoms with Crippen molar-refractivity contribution in [3.63, 3.8) is 0 Å². The van der Waals surface area contributed by atoms with Crippen LogP contribution in [0.3, 0.4) is 0 Å². The summed E-state index contributed by atoms with van der Waals surface area (Å²) in [7, 11) is 0. The van der Waals surface area contributed by atoms with Crippen molar-refractivity contribution in [2.75, 3.05) is 0 Å². The van der Waals surface area contributed by atoms with Gasteiger partial charge in [-0.3, -0.25) is 8.97 Å². The van der Waals surface area contributed by atoms with Crippen molar-refractivity contribution in [1.29, 1.82) is 0 Å². The number of fused-ring (bicyclic) bond motifs is 9. The number of hydrogen-bond acceptors (Lipinski definition) is 2. The highest BCUT2D eigenvalue weighted by atomic mass is 16.3. The van der Waals surface area contributed by atoms with Gasteiger partial charge in [-0.05, 0) is 96.9 Å². The number of terminal acetylenes is 1. The lowest BCUT2D eigenvalue weighted by Gasteiger charge is -2.09. The van der Waals surface area contributed by atoms with Crippen LogP contribution in [-0.4, -0.2) is 18.5 Å². The zero-order chi connectivity index (χ0) is 32.6. The highest BCUT2D eigenvalue weighted by Crippen LogP contribution is 2.37. The molecule has 0 saturated heterocycles. The molecule has 0 N–H and O–H groups in total. The van der Waals surface area contributed by atoms with Gasteiger partial charge in [-0.15, -0.1) is 6.42 Å². The molecule has 10 aromatic rings. The topological polar surface area (TPSA) is 40.3 Å². The SMILES string of the molecule is C#C/C=C\c1nc2n(-c3cccc(-c4ccc5oc6ccc(-n7c8ccccc8c8ccccc87)cc6c5c4)c3)c3ccccc3n2c1C. The molecule has 0 aliphatic rings. The fraction of sp³-hybridized carbons (Fsp3) is 0.0227. The first kappa shape index (κ1) is 27.4. The van der Waals surface area contributed by atoms with E-state index in [0.29, 0.717) is 0 Å². The molecule has 4 aromatic heterocycles. The minimum Gasteiger partial charge on any atom is -0.456 e. The van der Waals surface area contributed by atoms with Gasteiger partial charge in [0.15, 0.2) is 0 Å². The number of para-hydroxylation sites is 4. The van der Waals surface area contributed by atoms with Crippen LogP contribution in [0.2, 0.25) is 0 Å². The summed E-state index contributed by atoms with van der Waals surface area (Å²) in [6, 6.07) is 47.3. The van der Waals surface area contributed by atoms with E-state index in [1.807, 2.05) is 6.08 Å². The number of allylic oxidation sites excluding steroid dienone is 1. The molecule has 0 aliphatic heterocycles. The van der Waals surface area contributed by atoms with Gasteiger partial charge < -0.3 is 8.98 Å². The van der Waals surface area contributed by atoms with Gasteiger partial charge in [0.05, 0.1) is 27.8 Å². The number of hydrogen-bond donors (Lipinski definition) is 0. The van der Waals surface area contributed by atoms with E-state index in [1.165, 1.54) is 21.8 Å². The molecule has 49 heavy (non-hydrogen) atoms. The number of benzene rings is 6. The maximum atomic E-state index is 6.37. The lowest BCUT2D eigenvalue weighted by molar-refractivity contribution is 0.669. The third-order valence-corrected chi connectivity index (χ3v) is 9.76. The summed E-state index contributed by atoms with van der Waals surface area (Å²) in [4.78, 5) is 5.03. The Morgan fingerprint density at radius 2 is 1.22 bits per heavy atom. The van der Waals surface area contributed by atoms with E-state index < -0.39 is 0 Å². The van der Waals surface area contributed by atoms with Crippen LogP contribution >= 0.6 is 0 Å². The second kappa shape index (κ2) is 10.4. The first-order chi connectivity index (χ1) is 24.2. The Kier molecular flexibility index (Phi) is 5.79. The van der Waals surface area contributed by atoms with Crippen LogP contribution in [-0.2, 0) is 0 Å². The van der Waals surface area contributed by atoms with Crippen molar-refractivity contribution in [2.24, 2.45) is 0 Å². The molecule has 5 heteroatoms. The number of nitrogens with zero attached hydrogens (tertiary/aromatic N) is 4. The Balaban J connectivity index is 1.13. The summed E-state index contributed by atoms with van der Waals surface area (Å²) >= 11 is 0. The summed E-state index contributed by atoms with van der Waals surface area (Å²) < 4.78 is 13.1. The predicted molar refractivity (Wildman–Crippen MR) is 202 cm³/mol. The van der Waals surface area contributed by atoms with E-state index in [4.69, 9.17) is 15.8 Å². The zero-order valence-electron chi connectivity index (χ0n) is 26.6. The number of imidazole rings is 2. The molecule has 0 radical (unpaired) electrons. The molecule has 0 amide bonds. The van der Waals surface area contributed by atoms with Gasteiger partial charge in [-0.2, -0.15) is 0 Å². The van der Waals surface area contributed by atoms with Gasteiger partial charge in [0.1, 0.15) is 11.2 Å². The Morgan fingerprint density at radius 1 is 0.592 bits per heavy atom. The van der Waals surface area contributed by atoms with Gasteiger partial charge in [0.2, 0.25) is 5.78 Å². The molecule has 230 valence electrons. The van der Waals surface area contributed by atoms with E-state index in [1.54, 1.807) is 6.08 Å². The van der Waals surface area contributed by atoms with Crippen LogP contribution in [0.4, 0.5) is 0 Å². The molecule has 0 atom stereocenters. The number of aryl methyl sites for hydroxylation is 1. The second-order valence-corrected chi connectivity index (χ2v) is 12.5. The van der Waals surface area contributed by atoms with Crippen molar-refractivity contribution in [3.8, 4) is 34.8 Å². The molecule has 10 rings (SSSR count). The van der Waals surface area contributed by atoms with Crippen molar-refractivity contribution in [2.45, 2.75) is 6.92 Å². The quantitative estimate of drug-likeness (QED) is 0.182. The standard InChI is InChI=1S/C44H28N4O/c1-3-4-16-37-28(2)46-40-19-9-10-20-41(40)48(44(46)45-37)31-13-11-12-29(25-31)30-21-23-42-35(26-30)36-27-32(22-24-43(36)49-42)47-38-17-7-5-14-33(38)34-15-6-8-18-39(34)47/h1,4-27H,2H3/b16-4-. The van der Waals surface area contributed by atoms with E-state index in [0.717, 1.165) is 72.6 Å². The van der Waals surface area contributed by atoms with Crippen LogP contribution in [0.5, 0.6) is 0 Å². The largest absolute Gasteiger partial charge is 0.456 e. The minimum atomic E-state index is 0.849. The summed E-state index contributed by atoms with van der Waals surface area (Å²) in [5, 5.41) is 4.67. The fourth-order valence-corrected chi connectivity index (χ4v) is 7.54. The molecule has 0 spiro atoms. The zero-order valence-corrected chi connectivity index (χ0v) is 26.6. The van der Waals surface area contributed by atoms with Crippen LogP contribution in [0, 0.1) is 19.3 Å². The van der Waals surface area contributed by atoms with Gasteiger partial charge in [0.25, 0.3) is 0 Å². The average Bonchev–Trinajstić information content (AvgIpc) is 3.87. The summed E-state index contributed by atoms with van der Waals surface area (Å²) in [6.45, 7) is 2.08. The minimum absolute atomic E-state index is 0.849. The predicted octanol–water partition coefficient (Wildman–Crippen LogP) is 10.9. The van der Waals surface area contributed by atoms with Gasteiger partial charge in [-0.1, -0.05) is 72.7 Å². The summed E-state index contributed by atoms with van der Waals surface area (Å²) in [5.41, 5.74) is 12.6. The van der Waals surface area contributed by atoms with Crippen molar-refractivity contribution in [3.05, 3.63) is 151 Å². The van der Waals surface area contributed by atoms with Crippen molar-refractivity contribution >= 4 is 66.6 Å². The first-order valence-electron chi connectivity index (χ1n) is 16.3. The maximum absolute atomic E-state index is 6.37. The third-order valence-electron chi connectivity index (χ3n) is 9.76. The molecule has 4 heterocycles. The maximum Gasteiger partial charge on any atom is 0.220 e. The van der Waals surface area contributed by atoms with Gasteiger partial charge >= 0.3 is 0 Å². The highest BCUT2D eigenvalue weighted by molar-refractivity contribution is 6.11. The molecule has 0 saturated carbocycles. The molecule has 0 aliphatic carbocycles. The molecule has 0 unspecified atom stereocenters. The second-order valence-electron chi connectivity index (χ2n) is 12.5. The Labute approximate surface area is 281 Å². The Morgan fingerprint density at radius 3 is 1.98 bits per heavy atom. The number of aromatic nitrogens is 4. The number of rotatable bonds is 4. The third kappa shape index (κ3) is 3.98. The Hall–Kier alpha value is -6.77. The van der Waals surface area contributed by atoms with E-state index >= 15 is 0 Å². The fourth-order valence-electron chi connectivity index (χ4n) is 7.54. The molecule has 0 fully saturated rings. The summed E-state index contributed by atoms with van der Waals surface area (Å²) in [5.74, 6) is 3.44. The van der Waals surface area contributed by atoms with Crippen LogP contribution in [0.25, 0.3) is 89.1 Å². The Bertz CT molecular complexity index is 2970. The average molecular weight is 629 g/mol. The lowest BCUT2D eigenvalue weighted by Crippen LogP contribution is -1.95. The summed E-state index contributed by atoms with van der Waals surface area (Å²) in [6.07, 6.45) is 9.12. The monoisotopic (exact) mass is 628 g/mol. The van der Waals surface area contributed by atoms with Gasteiger partial charge in [-0.25, -0.2) is 4.98 Å². The molecular weight excluding hydrogens is 601 g/mol. The van der Waals surface area contributed by atoms with E-state index in [2.05, 4.69) is 160 Å². The van der Waals surface area contributed by atoms with Crippen LogP contribution < -0.4 is 0 Å². The molecule has 5 nitrogen and oxygen atoms in total. The van der Waals surface area contributed by atoms with E-state index in [-0.39, 0.29) is 0 Å². The highest BCUT2D eigenvalue weighted by Gasteiger charge is 2.19.